The molecular formula is C16H25N3O. The second-order valence-electron chi connectivity index (χ2n) is 5.86. The monoisotopic (exact) mass is 275 g/mol. The average Bonchev–Trinajstić information content (AvgIpc) is 2.44. The van der Waals surface area contributed by atoms with Crippen molar-refractivity contribution in [1.82, 2.24) is 10.2 Å². The van der Waals surface area contributed by atoms with E-state index in [1.54, 1.807) is 6.07 Å². The summed E-state index contributed by atoms with van der Waals surface area (Å²) >= 11 is 0. The number of nitrogens with one attached hydrogen (secondary N) is 1. The van der Waals surface area contributed by atoms with E-state index in [2.05, 4.69) is 17.3 Å². The summed E-state index contributed by atoms with van der Waals surface area (Å²) in [5.74, 6) is 0.721. The molecular weight excluding hydrogens is 250 g/mol. The first-order valence-corrected chi connectivity index (χ1v) is 7.39. The molecule has 1 aromatic rings. The molecule has 1 heterocycles. The number of aryl methyl sites for hydroxylation is 1. The van der Waals surface area contributed by atoms with Gasteiger partial charge in [0.2, 0.25) is 0 Å². The molecule has 0 aliphatic carbocycles. The van der Waals surface area contributed by atoms with Crippen LogP contribution in [0.2, 0.25) is 0 Å². The van der Waals surface area contributed by atoms with E-state index in [9.17, 15) is 4.79 Å². The van der Waals surface area contributed by atoms with Crippen molar-refractivity contribution in [1.29, 1.82) is 0 Å². The molecule has 0 saturated carbocycles. The topological polar surface area (TPSA) is 58.4 Å². The van der Waals surface area contributed by atoms with Crippen LogP contribution in [0.15, 0.2) is 18.2 Å². The number of piperidine rings is 1. The van der Waals surface area contributed by atoms with Crippen LogP contribution in [-0.2, 0) is 0 Å². The van der Waals surface area contributed by atoms with Gasteiger partial charge in [-0.1, -0.05) is 6.07 Å². The van der Waals surface area contributed by atoms with Gasteiger partial charge in [0, 0.05) is 17.8 Å². The fraction of sp³-hybridized carbons (Fsp3) is 0.562. The van der Waals surface area contributed by atoms with E-state index in [0.29, 0.717) is 11.3 Å². The quantitative estimate of drug-likeness (QED) is 0.827. The Kier molecular flexibility index (Phi) is 5.01. The zero-order valence-electron chi connectivity index (χ0n) is 12.5. The molecule has 1 aliphatic rings. The number of anilines is 1. The van der Waals surface area contributed by atoms with Crippen LogP contribution in [0.1, 0.15) is 35.2 Å². The van der Waals surface area contributed by atoms with Gasteiger partial charge >= 0.3 is 0 Å². The second-order valence-corrected chi connectivity index (χ2v) is 5.86. The summed E-state index contributed by atoms with van der Waals surface area (Å²) in [6, 6.07) is 5.47. The number of carbonyl (C=O) groups is 1. The molecule has 1 aliphatic heterocycles. The van der Waals surface area contributed by atoms with Crippen LogP contribution in [0.25, 0.3) is 0 Å². The van der Waals surface area contributed by atoms with E-state index in [1.807, 2.05) is 19.1 Å². The van der Waals surface area contributed by atoms with Gasteiger partial charge in [-0.3, -0.25) is 4.79 Å². The number of hydrogen-bond acceptors (Lipinski definition) is 3. The van der Waals surface area contributed by atoms with Crippen LogP contribution >= 0.6 is 0 Å². The molecule has 1 fully saturated rings. The van der Waals surface area contributed by atoms with Gasteiger partial charge < -0.3 is 16.0 Å². The van der Waals surface area contributed by atoms with E-state index >= 15 is 0 Å². The Labute approximate surface area is 121 Å². The van der Waals surface area contributed by atoms with E-state index in [-0.39, 0.29) is 5.91 Å². The van der Waals surface area contributed by atoms with Crippen molar-refractivity contribution >= 4 is 11.6 Å². The summed E-state index contributed by atoms with van der Waals surface area (Å²) in [6.45, 7) is 5.04. The third kappa shape index (κ3) is 3.97. The van der Waals surface area contributed by atoms with Gasteiger partial charge in [-0.25, -0.2) is 0 Å². The smallest absolute Gasteiger partial charge is 0.251 e. The number of nitrogen functional groups attached to an aromatic ring is 1. The maximum absolute atomic E-state index is 12.0. The van der Waals surface area contributed by atoms with Crippen molar-refractivity contribution in [3.8, 4) is 0 Å². The van der Waals surface area contributed by atoms with Crippen molar-refractivity contribution in [2.45, 2.75) is 26.2 Å². The fourth-order valence-electron chi connectivity index (χ4n) is 2.62. The molecule has 2 rings (SSSR count). The number of nitrogens with zero attached hydrogens (tertiary/aromatic N) is 1. The second kappa shape index (κ2) is 6.75. The van der Waals surface area contributed by atoms with Crippen LogP contribution in [0, 0.1) is 12.8 Å². The predicted octanol–water partition coefficient (Wildman–Crippen LogP) is 2.04. The number of benzene rings is 1. The first-order valence-electron chi connectivity index (χ1n) is 7.39. The number of amides is 1. The Morgan fingerprint density at radius 2 is 2.10 bits per heavy atom. The molecule has 0 spiro atoms. The predicted molar refractivity (Wildman–Crippen MR) is 82.8 cm³/mol. The highest BCUT2D eigenvalue weighted by atomic mass is 16.1. The van der Waals surface area contributed by atoms with Crippen LogP contribution < -0.4 is 11.1 Å². The van der Waals surface area contributed by atoms with Gasteiger partial charge in [0.15, 0.2) is 0 Å². The molecule has 110 valence electrons. The highest BCUT2D eigenvalue weighted by Gasteiger charge is 2.16. The lowest BCUT2D eigenvalue weighted by Gasteiger charge is -2.28. The van der Waals surface area contributed by atoms with E-state index < -0.39 is 0 Å². The first kappa shape index (κ1) is 14.9. The average molecular weight is 275 g/mol. The standard InChI is InChI=1S/C16H25N3O/c1-12-3-4-14(11-15(12)17)16(20)18-8-5-13-6-9-19(2)10-7-13/h3-4,11,13H,5-10,17H2,1-2H3,(H,18,20). The van der Waals surface area contributed by atoms with E-state index in [0.717, 1.165) is 24.4 Å². The Bertz CT molecular complexity index is 465. The number of hydrogen-bond donors (Lipinski definition) is 2. The van der Waals surface area contributed by atoms with E-state index in [4.69, 9.17) is 5.73 Å². The van der Waals surface area contributed by atoms with Gasteiger partial charge in [0.1, 0.15) is 0 Å². The summed E-state index contributed by atoms with van der Waals surface area (Å²) < 4.78 is 0. The highest BCUT2D eigenvalue weighted by molar-refractivity contribution is 5.95. The zero-order valence-corrected chi connectivity index (χ0v) is 12.5. The normalized spacial score (nSPS) is 17.1. The summed E-state index contributed by atoms with van der Waals surface area (Å²) in [5.41, 5.74) is 8.16. The van der Waals surface area contributed by atoms with Gasteiger partial charge in [0.25, 0.3) is 5.91 Å². The Morgan fingerprint density at radius 1 is 1.40 bits per heavy atom. The van der Waals surface area contributed by atoms with Crippen LogP contribution in [0.5, 0.6) is 0 Å². The molecule has 0 unspecified atom stereocenters. The lowest BCUT2D eigenvalue weighted by atomic mass is 9.94. The van der Waals surface area contributed by atoms with Gasteiger partial charge in [0.05, 0.1) is 0 Å². The third-order valence-corrected chi connectivity index (χ3v) is 4.22. The first-order chi connectivity index (χ1) is 9.56. The Morgan fingerprint density at radius 3 is 2.75 bits per heavy atom. The number of nitrogens with two attached hydrogens (primary N) is 1. The minimum atomic E-state index is -0.0235. The van der Waals surface area contributed by atoms with Gasteiger partial charge in [-0.15, -0.1) is 0 Å². The van der Waals surface area contributed by atoms with Crippen LogP contribution in [0.4, 0.5) is 5.69 Å². The van der Waals surface area contributed by atoms with Crippen molar-refractivity contribution in [3.05, 3.63) is 29.3 Å². The Balaban J connectivity index is 1.76. The zero-order chi connectivity index (χ0) is 14.5. The van der Waals surface area contributed by atoms with E-state index in [1.165, 1.54) is 25.9 Å². The third-order valence-electron chi connectivity index (χ3n) is 4.22. The molecule has 1 saturated heterocycles. The molecule has 0 bridgehead atoms. The summed E-state index contributed by atoms with van der Waals surface area (Å²) in [4.78, 5) is 14.4. The lowest BCUT2D eigenvalue weighted by Crippen LogP contribution is -2.32. The highest BCUT2D eigenvalue weighted by Crippen LogP contribution is 2.19. The van der Waals surface area contributed by atoms with Crippen molar-refractivity contribution in [3.63, 3.8) is 0 Å². The molecule has 0 aromatic heterocycles. The van der Waals surface area contributed by atoms with Crippen LogP contribution in [0.3, 0.4) is 0 Å². The molecule has 0 radical (unpaired) electrons. The summed E-state index contributed by atoms with van der Waals surface area (Å²) in [6.07, 6.45) is 3.55. The van der Waals surface area contributed by atoms with Crippen LogP contribution in [-0.4, -0.2) is 37.5 Å². The molecule has 4 heteroatoms. The van der Waals surface area contributed by atoms with Gasteiger partial charge in [-0.05, 0) is 69.9 Å². The summed E-state index contributed by atoms with van der Waals surface area (Å²) in [7, 11) is 2.17. The number of carbonyl (C=O) groups excluding carboxylic acids is 1. The largest absolute Gasteiger partial charge is 0.398 e. The minimum absolute atomic E-state index is 0.0235. The minimum Gasteiger partial charge on any atom is -0.398 e. The fourth-order valence-corrected chi connectivity index (χ4v) is 2.62. The van der Waals surface area contributed by atoms with Crippen molar-refractivity contribution in [2.75, 3.05) is 32.4 Å². The Hall–Kier alpha value is -1.55. The molecule has 4 nitrogen and oxygen atoms in total. The van der Waals surface area contributed by atoms with Crippen molar-refractivity contribution < 1.29 is 4.79 Å². The molecule has 20 heavy (non-hydrogen) atoms. The molecule has 1 aromatic carbocycles. The SMILES string of the molecule is Cc1ccc(C(=O)NCCC2CCN(C)CC2)cc1N. The maximum atomic E-state index is 12.0. The number of rotatable bonds is 4. The molecule has 0 atom stereocenters. The number of likely N-dealkylation sites (tertiary alicyclic amines) is 1. The van der Waals surface area contributed by atoms with Crippen molar-refractivity contribution in [2.24, 2.45) is 5.92 Å². The molecule has 3 N–H and O–H groups in total. The van der Waals surface area contributed by atoms with Gasteiger partial charge in [-0.2, -0.15) is 0 Å². The maximum Gasteiger partial charge on any atom is 0.251 e. The lowest BCUT2D eigenvalue weighted by molar-refractivity contribution is 0.0949. The molecule has 1 amide bonds. The summed E-state index contributed by atoms with van der Waals surface area (Å²) in [5, 5.41) is 3.00.